The molecule has 2 aliphatic rings. The molecule has 2 nitrogen and oxygen atoms in total. The summed E-state index contributed by atoms with van der Waals surface area (Å²) in [7, 11) is -2.83. The summed E-state index contributed by atoms with van der Waals surface area (Å²) in [6, 6.07) is 45.0. The maximum Gasteiger partial charge on any atom is 2.00 e. The van der Waals surface area contributed by atoms with Crippen molar-refractivity contribution in [2.45, 2.75) is 54.1 Å². The number of hydrogen-bond acceptors (Lipinski definition) is 2. The standard InChI is InChI=1S/C44H40O2P2.2CH3.Rh/c1-29-37-25-45-27-39(37)31(3)43(47(33-17-9-5-10-18-33)34-19-11-6-12-20-34)41(29)42-30(2)38-26-46-28-40(38)32(4)44(42)48(35-21-13-7-14-22-35)36-23-15-8-16-24-36;;;/h5-24H,25-28H2,1-4H3;2*1H3;/q;2*-1;+2/p+2. The van der Waals surface area contributed by atoms with Gasteiger partial charge < -0.3 is 24.3 Å². The van der Waals surface area contributed by atoms with Crippen LogP contribution in [0.5, 0.6) is 0 Å². The van der Waals surface area contributed by atoms with Crippen molar-refractivity contribution in [3.8, 4) is 11.1 Å². The third kappa shape index (κ3) is 6.86. The average molecular weight is 798 g/mol. The number of rotatable bonds is 7. The largest absolute Gasteiger partial charge is 2.00 e. The fourth-order valence-corrected chi connectivity index (χ4v) is 14.2. The van der Waals surface area contributed by atoms with Crippen molar-refractivity contribution >= 4 is 47.7 Å². The molecule has 0 fully saturated rings. The van der Waals surface area contributed by atoms with E-state index >= 15 is 0 Å². The summed E-state index contributed by atoms with van der Waals surface area (Å²) in [5.74, 6) is 0. The van der Waals surface area contributed by atoms with Gasteiger partial charge >= 0.3 is 19.5 Å². The summed E-state index contributed by atoms with van der Waals surface area (Å²) in [4.78, 5) is 0. The summed E-state index contributed by atoms with van der Waals surface area (Å²) in [5.41, 5.74) is 13.9. The Kier molecular flexibility index (Phi) is 12.7. The monoisotopic (exact) mass is 797 g/mol. The molecule has 6 aromatic rings. The maximum absolute atomic E-state index is 6.26. The van der Waals surface area contributed by atoms with Gasteiger partial charge in [0.25, 0.3) is 0 Å². The van der Waals surface area contributed by atoms with Gasteiger partial charge in [-0.1, -0.05) is 72.8 Å². The Morgan fingerprint density at radius 3 is 0.863 bits per heavy atom. The topological polar surface area (TPSA) is 18.5 Å². The molecule has 6 aromatic carbocycles. The van der Waals surface area contributed by atoms with E-state index in [1.54, 1.807) is 0 Å². The van der Waals surface area contributed by atoms with Gasteiger partial charge in [-0.15, -0.1) is 0 Å². The van der Waals surface area contributed by atoms with Gasteiger partial charge in [0.15, 0.2) is 0 Å². The normalized spacial score (nSPS) is 12.9. The summed E-state index contributed by atoms with van der Waals surface area (Å²) < 4.78 is 12.5. The van der Waals surface area contributed by atoms with Crippen molar-refractivity contribution in [1.82, 2.24) is 0 Å². The first-order valence-electron chi connectivity index (χ1n) is 17.0. The zero-order chi connectivity index (χ0) is 32.8. The first-order valence-corrected chi connectivity index (χ1v) is 20.0. The molecule has 0 unspecified atom stereocenters. The van der Waals surface area contributed by atoms with Crippen molar-refractivity contribution in [1.29, 1.82) is 0 Å². The first-order chi connectivity index (χ1) is 23.5. The Labute approximate surface area is 320 Å². The average Bonchev–Trinajstić information content (AvgIpc) is 3.84. The molecule has 1 radical (unpaired) electrons. The van der Waals surface area contributed by atoms with Crippen LogP contribution in [0.3, 0.4) is 0 Å². The molecule has 0 N–H and O–H groups in total. The molecule has 0 aromatic heterocycles. The van der Waals surface area contributed by atoms with Crippen LogP contribution in [0.4, 0.5) is 0 Å². The van der Waals surface area contributed by atoms with Gasteiger partial charge in [-0.2, -0.15) is 0 Å². The minimum Gasteiger partial charge on any atom is -0.372 e. The predicted molar refractivity (Wildman–Crippen MR) is 221 cm³/mol. The molecular weight excluding hydrogens is 749 g/mol. The van der Waals surface area contributed by atoms with Crippen LogP contribution in [0.2, 0.25) is 0 Å². The van der Waals surface area contributed by atoms with E-state index in [0.717, 1.165) is 0 Å². The molecule has 8 rings (SSSR count). The van der Waals surface area contributed by atoms with Gasteiger partial charge in [0.05, 0.1) is 42.3 Å². The molecule has 0 aliphatic carbocycles. The van der Waals surface area contributed by atoms with Gasteiger partial charge in [-0.05, 0) is 121 Å². The van der Waals surface area contributed by atoms with Crippen molar-refractivity contribution in [3.05, 3.63) is 181 Å². The Morgan fingerprint density at radius 1 is 0.373 bits per heavy atom. The second-order valence-corrected chi connectivity index (χ2v) is 17.9. The second kappa shape index (κ2) is 16.6. The maximum atomic E-state index is 6.26. The van der Waals surface area contributed by atoms with Crippen LogP contribution >= 0.6 is 15.8 Å². The summed E-state index contributed by atoms with van der Waals surface area (Å²) in [6.45, 7) is 12.2. The van der Waals surface area contributed by atoms with E-state index < -0.39 is 15.8 Å². The smallest absolute Gasteiger partial charge is 0.372 e. The molecule has 0 bridgehead atoms. The van der Waals surface area contributed by atoms with Gasteiger partial charge in [-0.25, -0.2) is 0 Å². The Hall–Kier alpha value is -3.28. The van der Waals surface area contributed by atoms with Gasteiger partial charge in [0.1, 0.15) is 31.8 Å². The number of hydrogen-bond donors (Lipinski definition) is 0. The zero-order valence-electron chi connectivity index (χ0n) is 30.5. The fourth-order valence-electron chi connectivity index (χ4n) is 8.13. The van der Waals surface area contributed by atoms with Crippen LogP contribution in [-0.4, -0.2) is 0 Å². The molecule has 51 heavy (non-hydrogen) atoms. The quantitative estimate of drug-likeness (QED) is 0.0917. The molecule has 261 valence electrons. The van der Waals surface area contributed by atoms with Gasteiger partial charge in [-0.3, -0.25) is 0 Å². The fraction of sp³-hybridized carbons (Fsp3) is 0.174. The molecule has 0 saturated carbocycles. The number of ether oxygens (including phenoxy) is 2. The van der Waals surface area contributed by atoms with E-state index in [4.69, 9.17) is 9.47 Å². The Balaban J connectivity index is 0.00000168. The van der Waals surface area contributed by atoms with Crippen molar-refractivity contribution in [2.24, 2.45) is 0 Å². The minimum absolute atomic E-state index is 0. The first kappa shape index (κ1) is 38.9. The van der Waals surface area contributed by atoms with Crippen LogP contribution in [0, 0.1) is 42.5 Å². The summed E-state index contributed by atoms with van der Waals surface area (Å²) in [5, 5.41) is 8.65. The molecule has 0 atom stereocenters. The van der Waals surface area contributed by atoms with E-state index in [-0.39, 0.29) is 34.3 Å². The molecular formula is C46H48O2P2Rh+2. The molecule has 0 spiro atoms. The van der Waals surface area contributed by atoms with Crippen molar-refractivity contribution in [2.75, 3.05) is 0 Å². The third-order valence-corrected chi connectivity index (χ3v) is 16.4. The molecule has 0 saturated heterocycles. The van der Waals surface area contributed by atoms with E-state index in [9.17, 15) is 0 Å². The van der Waals surface area contributed by atoms with Gasteiger partial charge in [0, 0.05) is 11.1 Å². The van der Waals surface area contributed by atoms with Crippen molar-refractivity contribution in [3.63, 3.8) is 0 Å². The molecule has 0 amide bonds. The SMILES string of the molecule is Cc1c2c(c(C)c([PH+](c3ccccc3)c3ccccc3)c1-c1c(C)c3c(c(C)c1[PH+](c1ccccc1)c1ccccc1)COC3)COC2.[CH3-].[CH3-].[Rh+2]. The molecule has 2 aliphatic heterocycles. The van der Waals surface area contributed by atoms with E-state index in [1.807, 2.05) is 0 Å². The van der Waals surface area contributed by atoms with Crippen LogP contribution in [0.1, 0.15) is 44.5 Å². The summed E-state index contributed by atoms with van der Waals surface area (Å²) >= 11 is 0. The third-order valence-electron chi connectivity index (χ3n) is 10.5. The van der Waals surface area contributed by atoms with Crippen LogP contribution in [-0.2, 0) is 55.4 Å². The van der Waals surface area contributed by atoms with E-state index in [0.29, 0.717) is 26.4 Å². The Morgan fingerprint density at radius 2 is 0.608 bits per heavy atom. The zero-order valence-corrected chi connectivity index (χ0v) is 34.2. The summed E-state index contributed by atoms with van der Waals surface area (Å²) in [6.07, 6.45) is 0. The van der Waals surface area contributed by atoms with E-state index in [2.05, 4.69) is 149 Å². The number of fused-ring (bicyclic) bond motifs is 2. The van der Waals surface area contributed by atoms with Gasteiger partial charge in [0.2, 0.25) is 0 Å². The second-order valence-electron chi connectivity index (χ2n) is 13.1. The van der Waals surface area contributed by atoms with E-state index in [1.165, 1.54) is 87.5 Å². The van der Waals surface area contributed by atoms with Crippen molar-refractivity contribution < 1.29 is 29.0 Å². The molecule has 2 heterocycles. The molecule has 5 heteroatoms. The minimum atomic E-state index is -1.42. The predicted octanol–water partition coefficient (Wildman–Crippen LogP) is 8.53. The van der Waals surface area contributed by atoms with Crippen LogP contribution < -0.4 is 31.8 Å². The number of benzene rings is 6. The van der Waals surface area contributed by atoms with Crippen LogP contribution in [0.15, 0.2) is 121 Å². The van der Waals surface area contributed by atoms with Crippen LogP contribution in [0.25, 0.3) is 11.1 Å². The Bertz CT molecular complexity index is 1880.